The van der Waals surface area contributed by atoms with E-state index in [-0.39, 0.29) is 11.9 Å². The van der Waals surface area contributed by atoms with Crippen LogP contribution in [0.2, 0.25) is 0 Å². The molecule has 1 aliphatic rings. The van der Waals surface area contributed by atoms with Gasteiger partial charge >= 0.3 is 0 Å². The Morgan fingerprint density at radius 3 is 2.35 bits per heavy atom. The third-order valence-electron chi connectivity index (χ3n) is 4.29. The number of nitrogens with one attached hydrogen (secondary N) is 1. The summed E-state index contributed by atoms with van der Waals surface area (Å²) in [6.07, 6.45) is 6.99. The minimum Gasteiger partial charge on any atom is -0.352 e. The van der Waals surface area contributed by atoms with Gasteiger partial charge in [-0.15, -0.1) is 0 Å². The van der Waals surface area contributed by atoms with Crippen molar-refractivity contribution < 1.29 is 13.2 Å². The normalized spacial score (nSPS) is 17.5. The van der Waals surface area contributed by atoms with E-state index in [1.165, 1.54) is 10.7 Å². The quantitative estimate of drug-likeness (QED) is 0.867. The van der Waals surface area contributed by atoms with Gasteiger partial charge in [0.15, 0.2) is 0 Å². The predicted molar refractivity (Wildman–Crippen MR) is 92.9 cm³/mol. The molecule has 0 aliphatic heterocycles. The third kappa shape index (κ3) is 4.70. The van der Waals surface area contributed by atoms with Crippen molar-refractivity contribution in [1.29, 1.82) is 0 Å². The first-order valence-electron chi connectivity index (χ1n) is 8.28. The molecule has 128 valence electrons. The van der Waals surface area contributed by atoms with E-state index in [0.29, 0.717) is 12.1 Å². The van der Waals surface area contributed by atoms with E-state index in [1.54, 1.807) is 24.3 Å². The van der Waals surface area contributed by atoms with Gasteiger partial charge in [0.1, 0.15) is 6.04 Å². The van der Waals surface area contributed by atoms with Gasteiger partial charge in [0, 0.05) is 6.04 Å². The molecule has 0 radical (unpaired) electrons. The van der Waals surface area contributed by atoms with Crippen LogP contribution in [0.4, 0.5) is 5.69 Å². The Bertz CT molecular complexity index is 610. The fourth-order valence-corrected chi connectivity index (χ4v) is 4.39. The average Bonchev–Trinajstić information content (AvgIpc) is 2.53. The Kier molecular flexibility index (Phi) is 6.04. The van der Waals surface area contributed by atoms with Crippen LogP contribution in [0.15, 0.2) is 30.3 Å². The van der Waals surface area contributed by atoms with Crippen LogP contribution in [-0.2, 0) is 14.8 Å². The lowest BCUT2D eigenvalue weighted by molar-refractivity contribution is -0.123. The zero-order chi connectivity index (χ0) is 16.9. The van der Waals surface area contributed by atoms with Crippen LogP contribution in [0.1, 0.15) is 45.4 Å². The topological polar surface area (TPSA) is 66.5 Å². The molecule has 1 atom stereocenters. The zero-order valence-electron chi connectivity index (χ0n) is 13.9. The molecule has 1 fully saturated rings. The van der Waals surface area contributed by atoms with Crippen LogP contribution in [0.3, 0.4) is 0 Å². The molecule has 1 N–H and O–H groups in total. The minimum absolute atomic E-state index is 0.169. The number of hydrogen-bond donors (Lipinski definition) is 1. The van der Waals surface area contributed by atoms with Gasteiger partial charge in [0.05, 0.1) is 11.9 Å². The molecule has 0 bridgehead atoms. The van der Waals surface area contributed by atoms with E-state index in [4.69, 9.17) is 0 Å². The molecule has 1 unspecified atom stereocenters. The smallest absolute Gasteiger partial charge is 0.244 e. The van der Waals surface area contributed by atoms with Gasteiger partial charge in [0.25, 0.3) is 0 Å². The number of carbonyl (C=O) groups is 1. The fraction of sp³-hybridized carbons (Fsp3) is 0.588. The molecular formula is C17H26N2O3S. The molecular weight excluding hydrogens is 312 g/mol. The van der Waals surface area contributed by atoms with Gasteiger partial charge in [-0.25, -0.2) is 8.42 Å². The van der Waals surface area contributed by atoms with Gasteiger partial charge < -0.3 is 5.32 Å². The molecule has 1 amide bonds. The van der Waals surface area contributed by atoms with Crippen LogP contribution in [-0.4, -0.2) is 32.7 Å². The van der Waals surface area contributed by atoms with Crippen LogP contribution in [0, 0.1) is 0 Å². The molecule has 23 heavy (non-hydrogen) atoms. The second-order valence-corrected chi connectivity index (χ2v) is 8.02. The van der Waals surface area contributed by atoms with Crippen LogP contribution >= 0.6 is 0 Å². The van der Waals surface area contributed by atoms with Crippen molar-refractivity contribution >= 4 is 21.6 Å². The summed E-state index contributed by atoms with van der Waals surface area (Å²) in [5.41, 5.74) is 0.528. The lowest BCUT2D eigenvalue weighted by atomic mass is 9.95. The van der Waals surface area contributed by atoms with Crippen molar-refractivity contribution in [2.24, 2.45) is 0 Å². The standard InChI is InChI=1S/C17H26N2O3S/c1-3-16(17(20)18-14-10-6-4-7-11-14)19(23(2,21)22)15-12-8-5-9-13-15/h5,8-9,12-14,16H,3-4,6-7,10-11H2,1-2H3,(H,18,20). The van der Waals surface area contributed by atoms with E-state index >= 15 is 0 Å². The summed E-state index contributed by atoms with van der Waals surface area (Å²) < 4.78 is 25.8. The number of hydrogen-bond acceptors (Lipinski definition) is 3. The van der Waals surface area contributed by atoms with Crippen molar-refractivity contribution in [2.75, 3.05) is 10.6 Å². The van der Waals surface area contributed by atoms with Crippen molar-refractivity contribution in [1.82, 2.24) is 5.32 Å². The van der Waals surface area contributed by atoms with E-state index in [1.807, 2.05) is 13.0 Å². The molecule has 5 nitrogen and oxygen atoms in total. The number of carbonyl (C=O) groups excluding carboxylic acids is 1. The highest BCUT2D eigenvalue weighted by Crippen LogP contribution is 2.23. The van der Waals surface area contributed by atoms with E-state index in [9.17, 15) is 13.2 Å². The maximum absolute atomic E-state index is 12.7. The highest BCUT2D eigenvalue weighted by Gasteiger charge is 2.32. The highest BCUT2D eigenvalue weighted by atomic mass is 32.2. The summed E-state index contributed by atoms with van der Waals surface area (Å²) >= 11 is 0. The molecule has 1 saturated carbocycles. The van der Waals surface area contributed by atoms with Crippen LogP contribution in [0.5, 0.6) is 0 Å². The van der Waals surface area contributed by atoms with Crippen molar-refractivity contribution in [3.63, 3.8) is 0 Å². The first kappa shape index (κ1) is 17.8. The molecule has 0 saturated heterocycles. The van der Waals surface area contributed by atoms with E-state index in [0.717, 1.165) is 31.9 Å². The molecule has 0 heterocycles. The summed E-state index contributed by atoms with van der Waals surface area (Å²) in [4.78, 5) is 12.7. The number of para-hydroxylation sites is 1. The summed E-state index contributed by atoms with van der Waals surface area (Å²) in [7, 11) is -3.54. The molecule has 1 aliphatic carbocycles. The van der Waals surface area contributed by atoms with Crippen LogP contribution < -0.4 is 9.62 Å². The van der Waals surface area contributed by atoms with Crippen LogP contribution in [0.25, 0.3) is 0 Å². The van der Waals surface area contributed by atoms with Gasteiger partial charge in [-0.05, 0) is 31.4 Å². The van der Waals surface area contributed by atoms with Crippen molar-refractivity contribution in [2.45, 2.75) is 57.5 Å². The lowest BCUT2D eigenvalue weighted by Crippen LogP contribution is -2.51. The van der Waals surface area contributed by atoms with E-state index in [2.05, 4.69) is 5.32 Å². The Hall–Kier alpha value is -1.56. The highest BCUT2D eigenvalue weighted by molar-refractivity contribution is 7.92. The summed E-state index contributed by atoms with van der Waals surface area (Å²) in [5.74, 6) is -0.200. The predicted octanol–water partition coefficient (Wildman–Crippen LogP) is 2.68. The van der Waals surface area contributed by atoms with Gasteiger partial charge in [0.2, 0.25) is 15.9 Å². The largest absolute Gasteiger partial charge is 0.352 e. The molecule has 1 aromatic rings. The van der Waals surface area contributed by atoms with Gasteiger partial charge in [-0.2, -0.15) is 0 Å². The second kappa shape index (κ2) is 7.81. The van der Waals surface area contributed by atoms with E-state index < -0.39 is 16.1 Å². The van der Waals surface area contributed by atoms with Crippen molar-refractivity contribution in [3.05, 3.63) is 30.3 Å². The molecule has 6 heteroatoms. The average molecular weight is 338 g/mol. The molecule has 1 aromatic carbocycles. The minimum atomic E-state index is -3.54. The summed E-state index contributed by atoms with van der Waals surface area (Å²) in [5, 5.41) is 3.05. The number of anilines is 1. The third-order valence-corrected chi connectivity index (χ3v) is 5.47. The maximum Gasteiger partial charge on any atom is 0.244 e. The molecule has 0 spiro atoms. The number of nitrogens with zero attached hydrogens (tertiary/aromatic N) is 1. The number of sulfonamides is 1. The maximum atomic E-state index is 12.7. The molecule has 0 aromatic heterocycles. The van der Waals surface area contributed by atoms with Crippen molar-refractivity contribution in [3.8, 4) is 0 Å². The Balaban J connectivity index is 2.22. The number of benzene rings is 1. The molecule has 2 rings (SSSR count). The summed E-state index contributed by atoms with van der Waals surface area (Å²) in [6, 6.07) is 8.28. The first-order chi connectivity index (χ1) is 10.9. The Morgan fingerprint density at radius 1 is 1.22 bits per heavy atom. The fourth-order valence-electron chi connectivity index (χ4n) is 3.18. The Morgan fingerprint density at radius 2 is 1.83 bits per heavy atom. The Labute approximate surface area is 139 Å². The number of amides is 1. The zero-order valence-corrected chi connectivity index (χ0v) is 14.7. The van der Waals surface area contributed by atoms with Gasteiger partial charge in [-0.3, -0.25) is 9.10 Å². The SMILES string of the molecule is CCC(C(=O)NC1CCCCC1)N(c1ccccc1)S(C)(=O)=O. The monoisotopic (exact) mass is 338 g/mol. The first-order valence-corrected chi connectivity index (χ1v) is 10.1. The number of rotatable bonds is 6. The summed E-state index contributed by atoms with van der Waals surface area (Å²) in [6.45, 7) is 1.84. The second-order valence-electron chi connectivity index (χ2n) is 6.16. The lowest BCUT2D eigenvalue weighted by Gasteiger charge is -2.32. The van der Waals surface area contributed by atoms with Gasteiger partial charge in [-0.1, -0.05) is 44.4 Å².